The molecule has 6 N–H and O–H groups in total. The zero-order chi connectivity index (χ0) is 34.6. The molecule has 250 valence electrons. The van der Waals surface area contributed by atoms with Crippen LogP contribution in [0.5, 0.6) is 0 Å². The maximum Gasteiger partial charge on any atom is 0.426 e. The highest BCUT2D eigenvalue weighted by molar-refractivity contribution is 6.28. The van der Waals surface area contributed by atoms with Crippen molar-refractivity contribution in [3.05, 3.63) is 11.5 Å². The number of aliphatic carboxylic acids is 4. The number of aromatic nitrogens is 4. The predicted octanol–water partition coefficient (Wildman–Crippen LogP) is 2.16. The van der Waals surface area contributed by atoms with Crippen molar-refractivity contribution < 1.29 is 63.4 Å². The van der Waals surface area contributed by atoms with Gasteiger partial charge in [0.1, 0.15) is 12.2 Å². The standard InChI is InChI=1S/C21H27ClN6O9.2C2H4O2/c1-9(29)35-8-13-10(5-14(30)31)11(6-15(32)33)18(36-13)28-17-12(7-23-28)16(24-19(22)25-17)26-27-20(34)37-21(2,3)4;2*1-2(3)4/h7,10-11,13,18H,5-6,8H2,1-4H3,(H,27,34)(H,30,31)(H,32,33)(H,24,25,26);2*1H3,(H,3,4)/t10-,11-,13+,18-;;/m1../s1. The van der Waals surface area contributed by atoms with Gasteiger partial charge < -0.3 is 34.6 Å². The number of amides is 1. The first-order chi connectivity index (χ1) is 20.7. The van der Waals surface area contributed by atoms with Crippen LogP contribution in [0, 0.1) is 11.8 Å². The molecule has 0 aliphatic carbocycles. The molecule has 0 saturated carbocycles. The van der Waals surface area contributed by atoms with Crippen LogP contribution in [0.15, 0.2) is 6.20 Å². The van der Waals surface area contributed by atoms with Crippen molar-refractivity contribution in [2.45, 2.75) is 72.3 Å². The monoisotopic (exact) mass is 662 g/mol. The summed E-state index contributed by atoms with van der Waals surface area (Å²) in [6, 6.07) is 0. The molecule has 0 unspecified atom stereocenters. The second kappa shape index (κ2) is 16.9. The largest absolute Gasteiger partial charge is 0.481 e. The lowest BCUT2D eigenvalue weighted by atomic mass is 9.84. The Hall–Kier alpha value is -4.78. The van der Waals surface area contributed by atoms with Crippen molar-refractivity contribution in [3.8, 4) is 0 Å². The molecule has 3 heterocycles. The first-order valence-corrected chi connectivity index (χ1v) is 13.4. The number of halogens is 1. The van der Waals surface area contributed by atoms with Gasteiger partial charge in [0.15, 0.2) is 17.7 Å². The van der Waals surface area contributed by atoms with E-state index in [-0.39, 0.29) is 28.7 Å². The van der Waals surface area contributed by atoms with E-state index in [1.54, 1.807) is 20.8 Å². The van der Waals surface area contributed by atoms with Crippen LogP contribution in [-0.4, -0.2) is 94.4 Å². The van der Waals surface area contributed by atoms with Gasteiger partial charge in [-0.1, -0.05) is 0 Å². The van der Waals surface area contributed by atoms with E-state index in [1.165, 1.54) is 17.8 Å². The molecule has 4 atom stereocenters. The highest BCUT2D eigenvalue weighted by Crippen LogP contribution is 2.44. The summed E-state index contributed by atoms with van der Waals surface area (Å²) >= 11 is 6.10. The molecule has 45 heavy (non-hydrogen) atoms. The second-order valence-corrected chi connectivity index (χ2v) is 10.7. The molecular formula is C25H35ClN6O13. The summed E-state index contributed by atoms with van der Waals surface area (Å²) in [6.45, 7) is 8.15. The van der Waals surface area contributed by atoms with Crippen LogP contribution < -0.4 is 10.9 Å². The van der Waals surface area contributed by atoms with E-state index in [0.717, 1.165) is 13.8 Å². The lowest BCUT2D eigenvalue weighted by molar-refractivity contribution is -0.147. The fourth-order valence-corrected chi connectivity index (χ4v) is 4.17. The quantitative estimate of drug-likeness (QED) is 0.127. The van der Waals surface area contributed by atoms with Gasteiger partial charge in [-0.15, -0.1) is 0 Å². The van der Waals surface area contributed by atoms with Crippen LogP contribution >= 0.6 is 11.6 Å². The smallest absolute Gasteiger partial charge is 0.426 e. The molecule has 20 heteroatoms. The molecule has 2 aromatic heterocycles. The molecular weight excluding hydrogens is 628 g/mol. The normalized spacial score (nSPS) is 18.7. The third kappa shape index (κ3) is 13.6. The number of nitrogens with one attached hydrogen (secondary N) is 2. The molecule has 3 rings (SSSR count). The summed E-state index contributed by atoms with van der Waals surface area (Å²) in [6.07, 6.45) is -2.33. The van der Waals surface area contributed by atoms with Crippen molar-refractivity contribution in [1.29, 1.82) is 0 Å². The van der Waals surface area contributed by atoms with Crippen molar-refractivity contribution in [3.63, 3.8) is 0 Å². The minimum absolute atomic E-state index is 0.0680. The maximum absolute atomic E-state index is 12.0. The third-order valence-corrected chi connectivity index (χ3v) is 5.50. The topological polar surface area (TPSA) is 279 Å². The van der Waals surface area contributed by atoms with Gasteiger partial charge in [-0.25, -0.2) is 14.9 Å². The molecule has 2 aromatic rings. The van der Waals surface area contributed by atoms with E-state index >= 15 is 0 Å². The Bertz CT molecular complexity index is 1370. The van der Waals surface area contributed by atoms with E-state index in [9.17, 15) is 29.4 Å². The SMILES string of the molecule is CC(=O)O.CC(=O)O.CC(=O)OC[C@@H]1O[C@@H](n2ncc3c(NNC(=O)OC(C)(C)C)nc(Cl)nc32)[C@H](CC(=O)O)[C@H]1CC(=O)O. The number of carboxylic acids is 4. The Morgan fingerprint density at radius 1 is 0.956 bits per heavy atom. The van der Waals surface area contributed by atoms with Crippen molar-refractivity contribution in [2.24, 2.45) is 11.8 Å². The highest BCUT2D eigenvalue weighted by atomic mass is 35.5. The molecule has 1 aliphatic rings. The Morgan fingerprint density at radius 2 is 1.49 bits per heavy atom. The average molecular weight is 663 g/mol. The molecule has 1 aliphatic heterocycles. The van der Waals surface area contributed by atoms with Gasteiger partial charge in [0.05, 0.1) is 30.5 Å². The lowest BCUT2D eigenvalue weighted by Gasteiger charge is -2.21. The predicted molar refractivity (Wildman–Crippen MR) is 152 cm³/mol. The van der Waals surface area contributed by atoms with Gasteiger partial charge in [-0.2, -0.15) is 15.1 Å². The summed E-state index contributed by atoms with van der Waals surface area (Å²) in [4.78, 5) is 72.8. The van der Waals surface area contributed by atoms with Gasteiger partial charge >= 0.3 is 24.0 Å². The molecule has 0 radical (unpaired) electrons. The van der Waals surface area contributed by atoms with Gasteiger partial charge in [0, 0.05) is 32.6 Å². The molecule has 1 amide bonds. The van der Waals surface area contributed by atoms with Crippen LogP contribution in [0.3, 0.4) is 0 Å². The zero-order valence-corrected chi connectivity index (χ0v) is 25.9. The minimum atomic E-state index is -1.19. The highest BCUT2D eigenvalue weighted by Gasteiger charge is 2.48. The Labute approximate surface area is 260 Å². The van der Waals surface area contributed by atoms with Gasteiger partial charge in [-0.05, 0) is 32.4 Å². The summed E-state index contributed by atoms with van der Waals surface area (Å²) in [5.41, 5.74) is 4.30. The fraction of sp³-hybridized carbons (Fsp3) is 0.560. The van der Waals surface area contributed by atoms with Gasteiger partial charge in [0.25, 0.3) is 11.9 Å². The molecule has 0 spiro atoms. The maximum atomic E-state index is 12.0. The zero-order valence-electron chi connectivity index (χ0n) is 25.1. The molecule has 19 nitrogen and oxygen atoms in total. The number of hydrogen-bond donors (Lipinski definition) is 6. The number of esters is 1. The van der Waals surface area contributed by atoms with E-state index in [1.807, 2.05) is 0 Å². The number of fused-ring (bicyclic) bond motifs is 1. The van der Waals surface area contributed by atoms with Gasteiger partial charge in [0.2, 0.25) is 5.28 Å². The number of hydrogen-bond acceptors (Lipinski definition) is 13. The molecule has 0 aromatic carbocycles. The number of carbonyl (C=O) groups is 6. The molecule has 1 saturated heterocycles. The first-order valence-electron chi connectivity index (χ1n) is 13.0. The molecule has 0 bridgehead atoms. The average Bonchev–Trinajstić information content (AvgIpc) is 3.40. The number of anilines is 1. The minimum Gasteiger partial charge on any atom is -0.481 e. The summed E-state index contributed by atoms with van der Waals surface area (Å²) in [7, 11) is 0. The van der Waals surface area contributed by atoms with Crippen molar-refractivity contribution in [1.82, 2.24) is 25.2 Å². The number of rotatable bonds is 9. The Balaban J connectivity index is 0.00000113. The summed E-state index contributed by atoms with van der Waals surface area (Å²) in [5.74, 6) is -6.25. The van der Waals surface area contributed by atoms with E-state index in [0.29, 0.717) is 0 Å². The molecule has 1 fully saturated rings. The Kier molecular flexibility index (Phi) is 14.4. The number of nitrogens with zero attached hydrogens (tertiary/aromatic N) is 4. The number of carbonyl (C=O) groups excluding carboxylic acids is 2. The summed E-state index contributed by atoms with van der Waals surface area (Å²) in [5, 5.41) is 38.1. The van der Waals surface area contributed by atoms with Crippen LogP contribution in [-0.2, 0) is 38.2 Å². The fourth-order valence-electron chi connectivity index (χ4n) is 4.00. The van der Waals surface area contributed by atoms with Crippen molar-refractivity contribution in [2.75, 3.05) is 12.0 Å². The lowest BCUT2D eigenvalue weighted by Crippen LogP contribution is -2.36. The number of hydrazine groups is 1. The Morgan fingerprint density at radius 3 is 1.98 bits per heavy atom. The summed E-state index contributed by atoms with van der Waals surface area (Å²) < 4.78 is 17.5. The van der Waals surface area contributed by atoms with Gasteiger partial charge in [-0.3, -0.25) is 29.4 Å². The van der Waals surface area contributed by atoms with Crippen LogP contribution in [0.4, 0.5) is 10.6 Å². The van der Waals surface area contributed by atoms with Crippen LogP contribution in [0.2, 0.25) is 5.28 Å². The van der Waals surface area contributed by atoms with Crippen LogP contribution in [0.25, 0.3) is 11.0 Å². The van der Waals surface area contributed by atoms with E-state index < -0.39 is 78.6 Å². The third-order valence-electron chi connectivity index (χ3n) is 5.33. The van der Waals surface area contributed by atoms with Crippen LogP contribution in [0.1, 0.15) is 60.6 Å². The number of carboxylic acid groups (broad SMARTS) is 4. The van der Waals surface area contributed by atoms with Crippen molar-refractivity contribution >= 4 is 64.4 Å². The first kappa shape index (κ1) is 38.2. The number of ether oxygens (including phenoxy) is 3. The van der Waals surface area contributed by atoms with E-state index in [2.05, 4.69) is 25.9 Å². The van der Waals surface area contributed by atoms with E-state index in [4.69, 9.17) is 45.6 Å². The second-order valence-electron chi connectivity index (χ2n) is 10.3.